The highest BCUT2D eigenvalue weighted by molar-refractivity contribution is 6.35. The van der Waals surface area contributed by atoms with Gasteiger partial charge in [-0.3, -0.25) is 14.6 Å². The number of nitrogens with one attached hydrogen (secondary N) is 1. The van der Waals surface area contributed by atoms with Gasteiger partial charge in [-0.2, -0.15) is 0 Å². The van der Waals surface area contributed by atoms with E-state index < -0.39 is 17.9 Å². The van der Waals surface area contributed by atoms with Crippen LogP contribution >= 0.6 is 0 Å². The zero-order valence-electron chi connectivity index (χ0n) is 18.7. The molecule has 0 aliphatic carbocycles. The topological polar surface area (TPSA) is 80.8 Å². The molecule has 2 aromatic carbocycles. The molecular weight excluding hydrogens is 406 g/mol. The van der Waals surface area contributed by atoms with Gasteiger partial charge in [0.2, 0.25) is 0 Å². The predicted molar refractivity (Wildman–Crippen MR) is 121 cm³/mol. The minimum atomic E-state index is -0.723. The molecule has 2 amide bonds. The van der Waals surface area contributed by atoms with Crippen LogP contribution in [0.4, 0.5) is 0 Å². The summed E-state index contributed by atoms with van der Waals surface area (Å²) in [4.78, 5) is 31.5. The first-order valence-corrected chi connectivity index (χ1v) is 10.2. The first kappa shape index (κ1) is 22.8. The summed E-state index contributed by atoms with van der Waals surface area (Å²) in [6.45, 7) is 2.22. The lowest BCUT2D eigenvalue weighted by Crippen LogP contribution is -2.42. The minimum absolute atomic E-state index is 0.292. The average molecular weight is 434 g/mol. The summed E-state index contributed by atoms with van der Waals surface area (Å²) in [7, 11) is 4.77. The number of aromatic nitrogens is 1. The Labute approximate surface area is 188 Å². The second kappa shape index (κ2) is 10.4. The highest BCUT2D eigenvalue weighted by Gasteiger charge is 2.26. The molecule has 0 aliphatic heterocycles. The SMILES string of the molecule is COc1ccc(CN(C)C(=O)C(=O)NC(c2ccccn2)c2ccccc2OC)cc1C. The number of ether oxygens (including phenoxy) is 2. The van der Waals surface area contributed by atoms with E-state index in [-0.39, 0.29) is 0 Å². The highest BCUT2D eigenvalue weighted by Crippen LogP contribution is 2.29. The van der Waals surface area contributed by atoms with E-state index in [0.717, 1.165) is 16.9 Å². The van der Waals surface area contributed by atoms with E-state index in [1.54, 1.807) is 45.7 Å². The van der Waals surface area contributed by atoms with Crippen molar-refractivity contribution >= 4 is 11.8 Å². The maximum absolute atomic E-state index is 12.9. The molecule has 0 aliphatic rings. The van der Waals surface area contributed by atoms with Crippen molar-refractivity contribution < 1.29 is 19.1 Å². The summed E-state index contributed by atoms with van der Waals surface area (Å²) in [6, 6.07) is 17.8. The number of benzene rings is 2. The molecule has 1 heterocycles. The van der Waals surface area contributed by atoms with Crippen molar-refractivity contribution in [1.82, 2.24) is 15.2 Å². The summed E-state index contributed by atoms with van der Waals surface area (Å²) >= 11 is 0. The van der Waals surface area contributed by atoms with E-state index in [1.807, 2.05) is 49.4 Å². The van der Waals surface area contributed by atoms with E-state index in [9.17, 15) is 9.59 Å². The minimum Gasteiger partial charge on any atom is -0.496 e. The molecule has 1 atom stereocenters. The van der Waals surface area contributed by atoms with Gasteiger partial charge in [0, 0.05) is 25.4 Å². The van der Waals surface area contributed by atoms with Crippen molar-refractivity contribution in [1.29, 1.82) is 0 Å². The number of aryl methyl sites for hydroxylation is 1. The molecule has 3 rings (SSSR count). The number of hydrogen-bond acceptors (Lipinski definition) is 5. The molecule has 1 aromatic heterocycles. The molecule has 0 saturated heterocycles. The molecule has 7 nitrogen and oxygen atoms in total. The number of rotatable bonds is 7. The fourth-order valence-corrected chi connectivity index (χ4v) is 3.51. The van der Waals surface area contributed by atoms with Crippen LogP contribution in [0.1, 0.15) is 28.4 Å². The second-order valence-corrected chi connectivity index (χ2v) is 7.37. The van der Waals surface area contributed by atoms with Crippen molar-refractivity contribution in [2.75, 3.05) is 21.3 Å². The Hall–Kier alpha value is -3.87. The van der Waals surface area contributed by atoms with Gasteiger partial charge >= 0.3 is 11.8 Å². The number of carbonyl (C=O) groups is 2. The standard InChI is InChI=1S/C25H27N3O4/c1-17-15-18(12-13-21(17)31-3)16-28(2)25(30)24(29)27-23(20-10-7-8-14-26-20)19-9-5-6-11-22(19)32-4/h5-15,23H,16H2,1-4H3,(H,27,29). The van der Waals surface area contributed by atoms with Crippen LogP contribution in [-0.2, 0) is 16.1 Å². The molecule has 166 valence electrons. The molecule has 0 fully saturated rings. The molecule has 0 spiro atoms. The van der Waals surface area contributed by atoms with Gasteiger partial charge in [-0.25, -0.2) is 0 Å². The number of pyridine rings is 1. The number of amides is 2. The van der Waals surface area contributed by atoms with Crippen LogP contribution in [0, 0.1) is 6.92 Å². The van der Waals surface area contributed by atoms with Crippen molar-refractivity contribution in [2.45, 2.75) is 19.5 Å². The highest BCUT2D eigenvalue weighted by atomic mass is 16.5. The van der Waals surface area contributed by atoms with E-state index in [1.165, 1.54) is 4.90 Å². The molecule has 0 radical (unpaired) electrons. The molecule has 0 bridgehead atoms. The van der Waals surface area contributed by atoms with Gasteiger partial charge in [0.05, 0.1) is 19.9 Å². The third-order valence-electron chi connectivity index (χ3n) is 5.13. The molecule has 3 aromatic rings. The van der Waals surface area contributed by atoms with Gasteiger partial charge in [-0.05, 0) is 42.3 Å². The maximum Gasteiger partial charge on any atom is 0.311 e. The number of hydrogen-bond donors (Lipinski definition) is 1. The molecule has 1 N–H and O–H groups in total. The summed E-state index contributed by atoms with van der Waals surface area (Å²) in [5, 5.41) is 2.83. The summed E-state index contributed by atoms with van der Waals surface area (Å²) in [6.07, 6.45) is 1.64. The normalized spacial score (nSPS) is 11.4. The van der Waals surface area contributed by atoms with Crippen molar-refractivity contribution in [3.8, 4) is 11.5 Å². The van der Waals surface area contributed by atoms with Crippen LogP contribution in [0.15, 0.2) is 66.9 Å². The smallest absolute Gasteiger partial charge is 0.311 e. The van der Waals surface area contributed by atoms with Gasteiger partial charge < -0.3 is 19.7 Å². The van der Waals surface area contributed by atoms with Crippen LogP contribution in [0.2, 0.25) is 0 Å². The van der Waals surface area contributed by atoms with Crippen LogP contribution in [0.5, 0.6) is 11.5 Å². The van der Waals surface area contributed by atoms with Crippen LogP contribution < -0.4 is 14.8 Å². The van der Waals surface area contributed by atoms with Crippen molar-refractivity contribution in [3.63, 3.8) is 0 Å². The van der Waals surface area contributed by atoms with Gasteiger partial charge in [-0.1, -0.05) is 36.4 Å². The number of para-hydroxylation sites is 1. The van der Waals surface area contributed by atoms with Gasteiger partial charge in [0.25, 0.3) is 0 Å². The zero-order chi connectivity index (χ0) is 23.1. The van der Waals surface area contributed by atoms with E-state index in [0.29, 0.717) is 23.6 Å². The summed E-state index contributed by atoms with van der Waals surface area (Å²) < 4.78 is 10.7. The summed E-state index contributed by atoms with van der Waals surface area (Å²) in [5.74, 6) is 0.00189. The zero-order valence-corrected chi connectivity index (χ0v) is 18.7. The Kier molecular flexibility index (Phi) is 7.44. The second-order valence-electron chi connectivity index (χ2n) is 7.37. The fraction of sp³-hybridized carbons (Fsp3) is 0.240. The number of methoxy groups -OCH3 is 2. The Morgan fingerprint density at radius 3 is 2.38 bits per heavy atom. The van der Waals surface area contributed by atoms with Gasteiger partial charge in [0.15, 0.2) is 0 Å². The van der Waals surface area contributed by atoms with E-state index in [2.05, 4.69) is 10.3 Å². The monoisotopic (exact) mass is 433 g/mol. The third kappa shape index (κ3) is 5.24. The Balaban J connectivity index is 1.79. The maximum atomic E-state index is 12.9. The Bertz CT molecular complexity index is 1090. The molecule has 7 heteroatoms. The largest absolute Gasteiger partial charge is 0.496 e. The van der Waals surface area contributed by atoms with E-state index in [4.69, 9.17) is 9.47 Å². The third-order valence-corrected chi connectivity index (χ3v) is 5.13. The first-order valence-electron chi connectivity index (χ1n) is 10.2. The van der Waals surface area contributed by atoms with Crippen molar-refractivity contribution in [2.24, 2.45) is 0 Å². The molecule has 32 heavy (non-hydrogen) atoms. The van der Waals surface area contributed by atoms with Crippen LogP contribution in [-0.4, -0.2) is 43.0 Å². The fourth-order valence-electron chi connectivity index (χ4n) is 3.51. The van der Waals surface area contributed by atoms with Crippen LogP contribution in [0.3, 0.4) is 0 Å². The van der Waals surface area contributed by atoms with Crippen LogP contribution in [0.25, 0.3) is 0 Å². The quantitative estimate of drug-likeness (QED) is 0.579. The number of carbonyl (C=O) groups excluding carboxylic acids is 2. The molecule has 1 unspecified atom stereocenters. The Morgan fingerprint density at radius 1 is 1.00 bits per heavy atom. The van der Waals surface area contributed by atoms with Gasteiger partial charge in [-0.15, -0.1) is 0 Å². The lowest BCUT2D eigenvalue weighted by atomic mass is 10.0. The lowest BCUT2D eigenvalue weighted by Gasteiger charge is -2.23. The van der Waals surface area contributed by atoms with E-state index >= 15 is 0 Å². The predicted octanol–water partition coefficient (Wildman–Crippen LogP) is 3.27. The van der Waals surface area contributed by atoms with Crippen molar-refractivity contribution in [3.05, 3.63) is 89.2 Å². The average Bonchev–Trinajstić information content (AvgIpc) is 2.82. The molecule has 0 saturated carbocycles. The van der Waals surface area contributed by atoms with Gasteiger partial charge in [0.1, 0.15) is 17.5 Å². The number of likely N-dealkylation sites (N-methyl/N-ethyl adjacent to an activating group) is 1. The first-order chi connectivity index (χ1) is 15.4. The lowest BCUT2D eigenvalue weighted by molar-refractivity contribution is -0.145. The summed E-state index contributed by atoms with van der Waals surface area (Å²) in [5.41, 5.74) is 3.18. The molecular formula is C25H27N3O4. The Morgan fingerprint density at radius 2 is 1.72 bits per heavy atom. The number of nitrogens with zero attached hydrogens (tertiary/aromatic N) is 2.